The van der Waals surface area contributed by atoms with Gasteiger partial charge in [-0.05, 0) is 31.0 Å². The van der Waals surface area contributed by atoms with E-state index in [1.807, 2.05) is 19.2 Å². The fourth-order valence-corrected chi connectivity index (χ4v) is 2.95. The summed E-state index contributed by atoms with van der Waals surface area (Å²) >= 11 is 0. The van der Waals surface area contributed by atoms with E-state index in [1.165, 1.54) is 14.2 Å². The normalized spacial score (nSPS) is 17.1. The van der Waals surface area contributed by atoms with Crippen LogP contribution in [0.25, 0.3) is 0 Å². The minimum atomic E-state index is -0.413. The maximum absolute atomic E-state index is 11.8. The summed E-state index contributed by atoms with van der Waals surface area (Å²) in [6, 6.07) is 5.40. The summed E-state index contributed by atoms with van der Waals surface area (Å²) in [7, 11) is 4.94. The second-order valence-electron chi connectivity index (χ2n) is 6.31. The summed E-state index contributed by atoms with van der Waals surface area (Å²) in [5, 5.41) is 3.32. The van der Waals surface area contributed by atoms with Crippen LogP contribution in [0.4, 0.5) is 0 Å². The van der Waals surface area contributed by atoms with E-state index in [4.69, 9.17) is 19.2 Å². The molecular formula is C19H29N3O4. The maximum Gasteiger partial charge on any atom is 0.341 e. The Kier molecular flexibility index (Phi) is 7.72. The Balaban J connectivity index is 2.09. The van der Waals surface area contributed by atoms with Gasteiger partial charge in [0, 0.05) is 32.7 Å². The van der Waals surface area contributed by atoms with Gasteiger partial charge in [0.25, 0.3) is 0 Å². The van der Waals surface area contributed by atoms with Gasteiger partial charge >= 0.3 is 5.97 Å². The van der Waals surface area contributed by atoms with Crippen LogP contribution in [-0.2, 0) is 16.0 Å². The molecule has 0 saturated carbocycles. The van der Waals surface area contributed by atoms with Crippen molar-refractivity contribution in [3.8, 4) is 5.75 Å². The molecular weight excluding hydrogens is 334 g/mol. The molecule has 7 nitrogen and oxygen atoms in total. The number of hydrogen-bond donors (Lipinski definition) is 1. The van der Waals surface area contributed by atoms with Crippen LogP contribution in [0, 0.1) is 5.92 Å². The van der Waals surface area contributed by atoms with Gasteiger partial charge < -0.3 is 24.4 Å². The highest BCUT2D eigenvalue weighted by molar-refractivity contribution is 5.92. The third-order valence-corrected chi connectivity index (χ3v) is 4.34. The van der Waals surface area contributed by atoms with Crippen molar-refractivity contribution >= 4 is 11.9 Å². The van der Waals surface area contributed by atoms with Crippen molar-refractivity contribution in [1.29, 1.82) is 0 Å². The SMILES string of the molecule is CCNC(=NCc1ccc(C(=O)OC)c(OC)c1)N(C)CC1CCOC1. The van der Waals surface area contributed by atoms with Crippen LogP contribution in [0.15, 0.2) is 23.2 Å². The first-order valence-corrected chi connectivity index (χ1v) is 8.91. The zero-order valence-electron chi connectivity index (χ0n) is 16.1. The lowest BCUT2D eigenvalue weighted by Crippen LogP contribution is -2.41. The number of guanidine groups is 1. The third-order valence-electron chi connectivity index (χ3n) is 4.34. The number of nitrogens with one attached hydrogen (secondary N) is 1. The predicted molar refractivity (Wildman–Crippen MR) is 101 cm³/mol. The molecule has 1 N–H and O–H groups in total. The van der Waals surface area contributed by atoms with Crippen LogP contribution < -0.4 is 10.1 Å². The highest BCUT2D eigenvalue weighted by Crippen LogP contribution is 2.21. The van der Waals surface area contributed by atoms with Crippen molar-refractivity contribution in [1.82, 2.24) is 10.2 Å². The number of ether oxygens (including phenoxy) is 3. The Morgan fingerprint density at radius 1 is 1.42 bits per heavy atom. The van der Waals surface area contributed by atoms with Crippen molar-refractivity contribution in [2.45, 2.75) is 19.9 Å². The lowest BCUT2D eigenvalue weighted by molar-refractivity contribution is 0.0597. The van der Waals surface area contributed by atoms with Gasteiger partial charge in [0.15, 0.2) is 5.96 Å². The molecule has 0 aliphatic carbocycles. The number of carbonyl (C=O) groups excluding carboxylic acids is 1. The summed E-state index contributed by atoms with van der Waals surface area (Å²) in [6.45, 7) is 5.92. The molecule has 0 aromatic heterocycles. The van der Waals surface area contributed by atoms with Gasteiger partial charge in [-0.25, -0.2) is 9.79 Å². The van der Waals surface area contributed by atoms with Crippen LogP contribution in [0.5, 0.6) is 5.75 Å². The summed E-state index contributed by atoms with van der Waals surface area (Å²) in [5.41, 5.74) is 1.37. The van der Waals surface area contributed by atoms with Crippen molar-refractivity contribution in [2.75, 3.05) is 47.6 Å². The number of esters is 1. The maximum atomic E-state index is 11.8. The first-order valence-electron chi connectivity index (χ1n) is 8.91. The molecule has 0 radical (unpaired) electrons. The molecule has 144 valence electrons. The fourth-order valence-electron chi connectivity index (χ4n) is 2.95. The topological polar surface area (TPSA) is 72.4 Å². The number of nitrogens with zero attached hydrogens (tertiary/aromatic N) is 2. The Morgan fingerprint density at radius 2 is 2.23 bits per heavy atom. The molecule has 1 aliphatic rings. The largest absolute Gasteiger partial charge is 0.496 e. The van der Waals surface area contributed by atoms with E-state index in [0.29, 0.717) is 23.8 Å². The fraction of sp³-hybridized carbons (Fsp3) is 0.579. The summed E-state index contributed by atoms with van der Waals surface area (Å²) < 4.78 is 15.5. The van der Waals surface area contributed by atoms with Crippen molar-refractivity contribution in [3.63, 3.8) is 0 Å². The molecule has 0 amide bonds. The molecule has 1 heterocycles. The molecule has 1 saturated heterocycles. The third kappa shape index (κ3) is 5.36. The average Bonchev–Trinajstić information content (AvgIpc) is 3.17. The van der Waals surface area contributed by atoms with Crippen LogP contribution in [0.2, 0.25) is 0 Å². The van der Waals surface area contributed by atoms with Crippen molar-refractivity contribution < 1.29 is 19.0 Å². The standard InChI is InChI=1S/C19H29N3O4/c1-5-20-19(22(2)12-15-8-9-26-13-15)21-11-14-6-7-16(18(23)25-4)17(10-14)24-3/h6-7,10,15H,5,8-9,11-13H2,1-4H3,(H,20,21). The van der Waals surface area contributed by atoms with Gasteiger partial charge in [0.05, 0.1) is 27.4 Å². The van der Waals surface area contributed by atoms with Crippen LogP contribution in [-0.4, -0.2) is 64.4 Å². The number of rotatable bonds is 7. The molecule has 1 aromatic rings. The molecule has 26 heavy (non-hydrogen) atoms. The molecule has 2 rings (SSSR count). The first-order chi connectivity index (χ1) is 12.6. The van der Waals surface area contributed by atoms with E-state index in [0.717, 1.165) is 44.2 Å². The van der Waals surface area contributed by atoms with Crippen LogP contribution >= 0.6 is 0 Å². The van der Waals surface area contributed by atoms with Gasteiger partial charge in [-0.2, -0.15) is 0 Å². The number of methoxy groups -OCH3 is 2. The van der Waals surface area contributed by atoms with Gasteiger partial charge in [-0.1, -0.05) is 6.07 Å². The Hall–Kier alpha value is -2.28. The molecule has 1 fully saturated rings. The monoisotopic (exact) mass is 363 g/mol. The minimum absolute atomic E-state index is 0.410. The van der Waals surface area contributed by atoms with E-state index in [2.05, 4.69) is 17.1 Å². The number of aliphatic imine (C=N–C) groups is 1. The van der Waals surface area contributed by atoms with E-state index in [1.54, 1.807) is 6.07 Å². The van der Waals surface area contributed by atoms with E-state index in [9.17, 15) is 4.79 Å². The molecule has 1 atom stereocenters. The minimum Gasteiger partial charge on any atom is -0.496 e. The van der Waals surface area contributed by atoms with E-state index >= 15 is 0 Å². The highest BCUT2D eigenvalue weighted by Gasteiger charge is 2.19. The molecule has 1 unspecified atom stereocenters. The first kappa shape index (κ1) is 20.0. The van der Waals surface area contributed by atoms with E-state index < -0.39 is 5.97 Å². The zero-order valence-corrected chi connectivity index (χ0v) is 16.1. The molecule has 0 spiro atoms. The molecule has 1 aliphatic heterocycles. The smallest absolute Gasteiger partial charge is 0.341 e. The van der Waals surface area contributed by atoms with Gasteiger partial charge in [0.2, 0.25) is 0 Å². The van der Waals surface area contributed by atoms with Gasteiger partial charge in [-0.3, -0.25) is 0 Å². The Bertz CT molecular complexity index is 627. The predicted octanol–water partition coefficient (Wildman–Crippen LogP) is 1.92. The van der Waals surface area contributed by atoms with E-state index in [-0.39, 0.29) is 0 Å². The Morgan fingerprint density at radius 3 is 2.85 bits per heavy atom. The van der Waals surface area contributed by atoms with Crippen LogP contribution in [0.1, 0.15) is 29.3 Å². The molecule has 7 heteroatoms. The van der Waals surface area contributed by atoms with Gasteiger partial charge in [0.1, 0.15) is 11.3 Å². The number of carbonyl (C=O) groups is 1. The molecule has 0 bridgehead atoms. The summed E-state index contributed by atoms with van der Waals surface area (Å²) in [4.78, 5) is 18.6. The van der Waals surface area contributed by atoms with Crippen LogP contribution in [0.3, 0.4) is 0 Å². The van der Waals surface area contributed by atoms with Crippen molar-refractivity contribution in [2.24, 2.45) is 10.9 Å². The number of hydrogen-bond acceptors (Lipinski definition) is 5. The number of benzene rings is 1. The average molecular weight is 363 g/mol. The summed E-state index contributed by atoms with van der Waals surface area (Å²) in [6.07, 6.45) is 1.09. The quantitative estimate of drug-likeness (QED) is 0.453. The van der Waals surface area contributed by atoms with Gasteiger partial charge in [-0.15, -0.1) is 0 Å². The summed E-state index contributed by atoms with van der Waals surface area (Å²) in [5.74, 6) is 1.48. The highest BCUT2D eigenvalue weighted by atomic mass is 16.5. The lowest BCUT2D eigenvalue weighted by Gasteiger charge is -2.24. The zero-order chi connectivity index (χ0) is 18.9. The second-order valence-corrected chi connectivity index (χ2v) is 6.31. The lowest BCUT2D eigenvalue weighted by atomic mass is 10.1. The second kappa shape index (κ2) is 10.0. The Labute approximate surface area is 155 Å². The molecule has 1 aromatic carbocycles. The van der Waals surface area contributed by atoms with Crippen molar-refractivity contribution in [3.05, 3.63) is 29.3 Å².